The largest absolute Gasteiger partial charge is 0.508 e. The van der Waals surface area contributed by atoms with Crippen LogP contribution < -0.4 is 5.32 Å². The Balaban J connectivity index is 1.87. The number of anilines is 1. The van der Waals surface area contributed by atoms with Gasteiger partial charge in [-0.15, -0.1) is 0 Å². The number of hydrogen-bond donors (Lipinski definition) is 2. The molecule has 1 heterocycles. The second kappa shape index (κ2) is 9.13. The molecule has 0 fully saturated rings. The molecule has 1 aromatic heterocycles. The molecule has 0 bridgehead atoms. The number of carbonyl (C=O) groups excluding carboxylic acids is 1. The van der Waals surface area contributed by atoms with Gasteiger partial charge >= 0.3 is 6.03 Å². The second-order valence-corrected chi connectivity index (χ2v) is 6.65. The monoisotopic (exact) mass is 378 g/mol. The van der Waals surface area contributed by atoms with Gasteiger partial charge in [0.1, 0.15) is 11.5 Å². The van der Waals surface area contributed by atoms with Crippen LogP contribution in [-0.4, -0.2) is 16.0 Å². The summed E-state index contributed by atoms with van der Waals surface area (Å²) in [6.07, 6.45) is 3.26. The average Bonchev–Trinajstić information content (AvgIpc) is 3.22. The highest BCUT2D eigenvalue weighted by Crippen LogP contribution is 2.25. The molecule has 0 unspecified atom stereocenters. The van der Waals surface area contributed by atoms with Gasteiger partial charge in [0.05, 0.1) is 19.4 Å². The summed E-state index contributed by atoms with van der Waals surface area (Å²) in [4.78, 5) is 14.8. The minimum atomic E-state index is -0.227. The number of aryl methyl sites for hydroxylation is 2. The molecular weight excluding hydrogens is 352 g/mol. The van der Waals surface area contributed by atoms with Crippen LogP contribution in [-0.2, 0) is 25.9 Å². The number of phenolic OH excluding ortho intramolecular Hbond substituents is 1. The zero-order valence-corrected chi connectivity index (χ0v) is 16.3. The Kier molecular flexibility index (Phi) is 6.37. The predicted octanol–water partition coefficient (Wildman–Crippen LogP) is 5.34. The van der Waals surface area contributed by atoms with Crippen molar-refractivity contribution in [3.63, 3.8) is 0 Å². The van der Waals surface area contributed by atoms with Crippen LogP contribution in [0.4, 0.5) is 10.5 Å². The van der Waals surface area contributed by atoms with Crippen molar-refractivity contribution in [3.05, 3.63) is 83.3 Å². The molecule has 0 aliphatic rings. The van der Waals surface area contributed by atoms with Crippen LogP contribution in [0.2, 0.25) is 0 Å². The van der Waals surface area contributed by atoms with Gasteiger partial charge in [-0.1, -0.05) is 50.2 Å². The Bertz CT molecular complexity index is 897. The molecule has 0 aliphatic heterocycles. The molecule has 2 amide bonds. The fraction of sp³-hybridized carbons (Fsp3) is 0.261. The number of urea groups is 1. The van der Waals surface area contributed by atoms with Crippen molar-refractivity contribution in [2.75, 3.05) is 5.32 Å². The number of para-hydroxylation sites is 2. The molecule has 146 valence electrons. The van der Waals surface area contributed by atoms with Gasteiger partial charge in [0.2, 0.25) is 0 Å². The molecule has 0 atom stereocenters. The van der Waals surface area contributed by atoms with Crippen LogP contribution in [0.3, 0.4) is 0 Å². The van der Waals surface area contributed by atoms with E-state index in [1.165, 1.54) is 0 Å². The van der Waals surface area contributed by atoms with Gasteiger partial charge in [0.25, 0.3) is 0 Å². The number of benzene rings is 2. The first-order chi connectivity index (χ1) is 13.6. The number of amides is 2. The normalized spacial score (nSPS) is 10.6. The fourth-order valence-corrected chi connectivity index (χ4v) is 3.23. The van der Waals surface area contributed by atoms with Crippen LogP contribution in [0.25, 0.3) is 0 Å². The lowest BCUT2D eigenvalue weighted by atomic mass is 10.0. The van der Waals surface area contributed by atoms with Gasteiger partial charge in [0.15, 0.2) is 0 Å². The van der Waals surface area contributed by atoms with E-state index in [1.807, 2.05) is 36.4 Å². The topological polar surface area (TPSA) is 65.7 Å². The molecule has 28 heavy (non-hydrogen) atoms. The molecule has 3 aromatic rings. The lowest BCUT2D eigenvalue weighted by molar-refractivity contribution is 0.200. The van der Waals surface area contributed by atoms with E-state index in [0.717, 1.165) is 29.7 Å². The smallest absolute Gasteiger partial charge is 0.322 e. The first-order valence-corrected chi connectivity index (χ1v) is 9.58. The summed E-state index contributed by atoms with van der Waals surface area (Å²) in [6.45, 7) is 4.73. The van der Waals surface area contributed by atoms with Crippen LogP contribution in [0, 0.1) is 0 Å². The number of phenols is 1. The molecule has 0 saturated carbocycles. The standard InChI is InChI=1S/C23H26N2O3/c1-3-17-10-7-11-18(4-2)22(17)24-23(27)25(16-20-12-8-14-28-20)15-19-9-5-6-13-21(19)26/h5-14,26H,3-4,15-16H2,1-2H3,(H,24,27). The summed E-state index contributed by atoms with van der Waals surface area (Å²) in [6, 6.07) is 16.6. The van der Waals surface area contributed by atoms with Gasteiger partial charge in [-0.3, -0.25) is 0 Å². The van der Waals surface area contributed by atoms with Crippen molar-refractivity contribution in [2.45, 2.75) is 39.8 Å². The average molecular weight is 378 g/mol. The van der Waals surface area contributed by atoms with Crippen LogP contribution in [0.15, 0.2) is 65.3 Å². The lowest BCUT2D eigenvalue weighted by Gasteiger charge is -2.24. The van der Waals surface area contributed by atoms with Gasteiger partial charge < -0.3 is 19.7 Å². The number of furan rings is 1. The minimum Gasteiger partial charge on any atom is -0.508 e. The summed E-state index contributed by atoms with van der Waals surface area (Å²) in [5.74, 6) is 0.855. The molecular formula is C23H26N2O3. The maximum atomic E-state index is 13.2. The molecule has 5 heteroatoms. The summed E-state index contributed by atoms with van der Waals surface area (Å²) >= 11 is 0. The number of carbonyl (C=O) groups is 1. The Morgan fingerprint density at radius 2 is 1.61 bits per heavy atom. The van der Waals surface area contributed by atoms with Crippen molar-refractivity contribution in [1.82, 2.24) is 4.90 Å². The van der Waals surface area contributed by atoms with Gasteiger partial charge in [-0.2, -0.15) is 0 Å². The second-order valence-electron chi connectivity index (χ2n) is 6.65. The fourth-order valence-electron chi connectivity index (χ4n) is 3.23. The van der Waals surface area contributed by atoms with E-state index in [1.54, 1.807) is 29.4 Å². The third kappa shape index (κ3) is 4.55. The predicted molar refractivity (Wildman–Crippen MR) is 110 cm³/mol. The first kappa shape index (κ1) is 19.5. The maximum Gasteiger partial charge on any atom is 0.322 e. The maximum absolute atomic E-state index is 13.2. The van der Waals surface area contributed by atoms with E-state index in [-0.39, 0.29) is 18.3 Å². The van der Waals surface area contributed by atoms with Crippen molar-refractivity contribution >= 4 is 11.7 Å². The number of hydrogen-bond acceptors (Lipinski definition) is 3. The SMILES string of the molecule is CCc1cccc(CC)c1NC(=O)N(Cc1ccco1)Cc1ccccc1O. The van der Waals surface area contributed by atoms with Gasteiger partial charge in [0, 0.05) is 11.3 Å². The van der Waals surface area contributed by atoms with Crippen molar-refractivity contribution < 1.29 is 14.3 Å². The third-order valence-corrected chi connectivity index (χ3v) is 4.80. The van der Waals surface area contributed by atoms with Crippen LogP contribution in [0.5, 0.6) is 5.75 Å². The van der Waals surface area contributed by atoms with E-state index in [2.05, 4.69) is 19.2 Å². The summed E-state index contributed by atoms with van der Waals surface area (Å²) in [7, 11) is 0. The van der Waals surface area contributed by atoms with E-state index in [9.17, 15) is 9.90 Å². The molecule has 3 rings (SSSR count). The highest BCUT2D eigenvalue weighted by atomic mass is 16.3. The minimum absolute atomic E-state index is 0.169. The molecule has 2 aromatic carbocycles. The number of aromatic hydroxyl groups is 1. The molecule has 0 spiro atoms. The van der Waals surface area contributed by atoms with Crippen LogP contribution in [0.1, 0.15) is 36.3 Å². The first-order valence-electron chi connectivity index (χ1n) is 9.58. The van der Waals surface area contributed by atoms with Crippen LogP contribution >= 0.6 is 0 Å². The van der Waals surface area contributed by atoms with E-state index in [0.29, 0.717) is 17.9 Å². The summed E-state index contributed by atoms with van der Waals surface area (Å²) < 4.78 is 5.44. The molecule has 2 N–H and O–H groups in total. The third-order valence-electron chi connectivity index (χ3n) is 4.80. The van der Waals surface area contributed by atoms with E-state index in [4.69, 9.17) is 4.42 Å². The Morgan fingerprint density at radius 1 is 0.929 bits per heavy atom. The van der Waals surface area contributed by atoms with Gasteiger partial charge in [-0.25, -0.2) is 4.79 Å². The zero-order chi connectivity index (χ0) is 19.9. The van der Waals surface area contributed by atoms with Crippen molar-refractivity contribution in [3.8, 4) is 5.75 Å². The lowest BCUT2D eigenvalue weighted by Crippen LogP contribution is -2.34. The molecule has 5 nitrogen and oxygen atoms in total. The van der Waals surface area contributed by atoms with Gasteiger partial charge in [-0.05, 0) is 42.2 Å². The quantitative estimate of drug-likeness (QED) is 0.583. The van der Waals surface area contributed by atoms with E-state index >= 15 is 0 Å². The zero-order valence-electron chi connectivity index (χ0n) is 16.3. The van der Waals surface area contributed by atoms with E-state index < -0.39 is 0 Å². The molecule has 0 saturated heterocycles. The highest BCUT2D eigenvalue weighted by molar-refractivity contribution is 5.91. The Morgan fingerprint density at radius 3 is 2.21 bits per heavy atom. The number of rotatable bonds is 7. The highest BCUT2D eigenvalue weighted by Gasteiger charge is 2.19. The molecule has 0 radical (unpaired) electrons. The number of nitrogens with one attached hydrogen (secondary N) is 1. The Hall–Kier alpha value is -3.21. The van der Waals surface area contributed by atoms with Crippen molar-refractivity contribution in [1.29, 1.82) is 0 Å². The number of nitrogens with zero attached hydrogens (tertiary/aromatic N) is 1. The summed E-state index contributed by atoms with van der Waals surface area (Å²) in [5.41, 5.74) is 3.77. The summed E-state index contributed by atoms with van der Waals surface area (Å²) in [5, 5.41) is 13.2. The Labute approximate surface area is 165 Å². The molecule has 0 aliphatic carbocycles. The van der Waals surface area contributed by atoms with Crippen molar-refractivity contribution in [2.24, 2.45) is 0 Å².